The maximum atomic E-state index is 11.6. The van der Waals surface area contributed by atoms with Gasteiger partial charge in [0.1, 0.15) is 11.5 Å². The van der Waals surface area contributed by atoms with Crippen LogP contribution in [0.1, 0.15) is 47.2 Å². The van der Waals surface area contributed by atoms with Crippen molar-refractivity contribution in [2.24, 2.45) is 0 Å². The zero-order valence-electron chi connectivity index (χ0n) is 30.9. The molecule has 0 heterocycles. The Hall–Kier alpha value is -6.34. The van der Waals surface area contributed by atoms with Crippen molar-refractivity contribution in [1.29, 1.82) is 0 Å². The number of hydrogen-bond donors (Lipinski definition) is 0. The molecule has 0 fully saturated rings. The smallest absolute Gasteiger partial charge is 0.333 e. The van der Waals surface area contributed by atoms with Gasteiger partial charge < -0.3 is 23.8 Å². The number of benzene rings is 5. The van der Waals surface area contributed by atoms with Crippen LogP contribution in [0.5, 0.6) is 11.5 Å². The lowest BCUT2D eigenvalue weighted by molar-refractivity contribution is -0.156. The topological polar surface area (TPSA) is 74.3 Å². The van der Waals surface area contributed by atoms with Gasteiger partial charge in [0, 0.05) is 43.1 Å². The van der Waals surface area contributed by atoms with Gasteiger partial charge in [-0.25, -0.2) is 9.59 Å². The first-order valence-corrected chi connectivity index (χ1v) is 17.4. The molecule has 5 aromatic rings. The van der Waals surface area contributed by atoms with Gasteiger partial charge in [0.15, 0.2) is 0 Å². The SMILES string of the molecule is C=CC(=O)OC(C)Oc1ccc(C/C(=C/c2ccc(N(c3ccc(C)cc3)c3ccc(C)c(C)c3)cc2)c2ccc(OC(C)OC(=O)C=C)cc2)cc1. The molecule has 7 nitrogen and oxygen atoms in total. The molecule has 0 amide bonds. The molecule has 0 aromatic heterocycles. The normalized spacial score (nSPS) is 12.2. The van der Waals surface area contributed by atoms with E-state index in [9.17, 15) is 9.59 Å². The standard InChI is InChI=1S/C46H45NO6/c1-8-45(48)52-34(6)50-43-24-15-37(16-25-43)30-39(38-17-26-44(27-18-38)51-35(7)53-46(49)9-2)29-36-13-22-41(23-14-36)47(40-19-10-31(3)11-20-40)42-21-12-32(4)33(5)28-42/h8-29,34-35H,1-2,30H2,3-7H3/b39-29-. The molecule has 270 valence electrons. The lowest BCUT2D eigenvalue weighted by Gasteiger charge is -2.26. The Bertz CT molecular complexity index is 2060. The van der Waals surface area contributed by atoms with Crippen molar-refractivity contribution in [3.8, 4) is 11.5 Å². The van der Waals surface area contributed by atoms with E-state index in [1.54, 1.807) is 13.8 Å². The molecular formula is C46H45NO6. The summed E-state index contributed by atoms with van der Waals surface area (Å²) in [4.78, 5) is 25.4. The Morgan fingerprint density at radius 1 is 0.623 bits per heavy atom. The van der Waals surface area contributed by atoms with E-state index in [-0.39, 0.29) is 0 Å². The predicted molar refractivity (Wildman–Crippen MR) is 213 cm³/mol. The number of carbonyl (C=O) groups excluding carboxylic acids is 2. The summed E-state index contributed by atoms with van der Waals surface area (Å²) in [5.41, 5.74) is 11.1. The summed E-state index contributed by atoms with van der Waals surface area (Å²) in [6.45, 7) is 16.5. The number of carbonyl (C=O) groups is 2. The summed E-state index contributed by atoms with van der Waals surface area (Å²) in [6, 6.07) is 39.1. The molecule has 0 spiro atoms. The summed E-state index contributed by atoms with van der Waals surface area (Å²) >= 11 is 0. The second kappa shape index (κ2) is 17.7. The molecule has 53 heavy (non-hydrogen) atoms. The van der Waals surface area contributed by atoms with E-state index < -0.39 is 24.5 Å². The number of allylic oxidation sites excluding steroid dienone is 1. The highest BCUT2D eigenvalue weighted by atomic mass is 16.7. The third kappa shape index (κ3) is 10.6. The average Bonchev–Trinajstić information content (AvgIpc) is 3.15. The van der Waals surface area contributed by atoms with E-state index in [1.165, 1.54) is 16.7 Å². The minimum Gasteiger partial charge on any atom is -0.455 e. The van der Waals surface area contributed by atoms with Gasteiger partial charge in [-0.3, -0.25) is 0 Å². The average molecular weight is 708 g/mol. The third-order valence-electron chi connectivity index (χ3n) is 8.58. The Morgan fingerprint density at radius 2 is 1.11 bits per heavy atom. The van der Waals surface area contributed by atoms with E-state index in [2.05, 4.69) is 112 Å². The molecule has 0 radical (unpaired) electrons. The van der Waals surface area contributed by atoms with Crippen LogP contribution in [0.3, 0.4) is 0 Å². The second-order valence-electron chi connectivity index (χ2n) is 12.7. The minimum atomic E-state index is -0.771. The van der Waals surface area contributed by atoms with Gasteiger partial charge in [-0.15, -0.1) is 0 Å². The van der Waals surface area contributed by atoms with Crippen LogP contribution < -0.4 is 14.4 Å². The summed E-state index contributed by atoms with van der Waals surface area (Å²) in [5, 5.41) is 0. The van der Waals surface area contributed by atoms with E-state index in [4.69, 9.17) is 18.9 Å². The zero-order chi connectivity index (χ0) is 37.9. The Balaban J connectivity index is 1.45. The van der Waals surface area contributed by atoms with Crippen LogP contribution in [0.15, 0.2) is 141 Å². The van der Waals surface area contributed by atoms with Gasteiger partial charge >= 0.3 is 11.9 Å². The largest absolute Gasteiger partial charge is 0.455 e. The quantitative estimate of drug-likeness (QED) is 0.0464. The molecule has 0 bridgehead atoms. The summed E-state index contributed by atoms with van der Waals surface area (Å²) in [5.74, 6) is 0.0460. The van der Waals surface area contributed by atoms with Crippen LogP contribution in [-0.2, 0) is 25.5 Å². The van der Waals surface area contributed by atoms with Crippen LogP contribution in [0, 0.1) is 20.8 Å². The van der Waals surface area contributed by atoms with Gasteiger partial charge in [0.2, 0.25) is 12.6 Å². The highest BCUT2D eigenvalue weighted by molar-refractivity contribution is 5.84. The second-order valence-corrected chi connectivity index (χ2v) is 12.7. The highest BCUT2D eigenvalue weighted by Gasteiger charge is 2.15. The van der Waals surface area contributed by atoms with E-state index in [1.807, 2.05) is 48.5 Å². The van der Waals surface area contributed by atoms with Gasteiger partial charge in [-0.1, -0.05) is 79.4 Å². The lowest BCUT2D eigenvalue weighted by atomic mass is 9.95. The predicted octanol–water partition coefficient (Wildman–Crippen LogP) is 10.8. The number of anilines is 3. The van der Waals surface area contributed by atoms with Crippen molar-refractivity contribution < 1.29 is 28.5 Å². The highest BCUT2D eigenvalue weighted by Crippen LogP contribution is 2.36. The third-order valence-corrected chi connectivity index (χ3v) is 8.58. The number of nitrogens with zero attached hydrogens (tertiary/aromatic N) is 1. The maximum absolute atomic E-state index is 11.6. The lowest BCUT2D eigenvalue weighted by Crippen LogP contribution is -2.19. The van der Waals surface area contributed by atoms with E-state index >= 15 is 0 Å². The molecule has 0 saturated carbocycles. The van der Waals surface area contributed by atoms with Crippen molar-refractivity contribution in [3.05, 3.63) is 174 Å². The van der Waals surface area contributed by atoms with E-state index in [0.29, 0.717) is 17.9 Å². The number of esters is 2. The van der Waals surface area contributed by atoms with Gasteiger partial charge in [-0.2, -0.15) is 0 Å². The van der Waals surface area contributed by atoms with Gasteiger partial charge in [0.25, 0.3) is 0 Å². The summed E-state index contributed by atoms with van der Waals surface area (Å²) in [7, 11) is 0. The fraction of sp³-hybridized carbons (Fsp3) is 0.174. The fourth-order valence-electron chi connectivity index (χ4n) is 5.67. The number of hydrogen-bond acceptors (Lipinski definition) is 7. The van der Waals surface area contributed by atoms with Crippen molar-refractivity contribution >= 4 is 40.6 Å². The molecule has 0 N–H and O–H groups in total. The van der Waals surface area contributed by atoms with Gasteiger partial charge in [-0.05, 0) is 121 Å². The first-order valence-electron chi connectivity index (χ1n) is 17.4. The Morgan fingerprint density at radius 3 is 1.62 bits per heavy atom. The van der Waals surface area contributed by atoms with Crippen molar-refractivity contribution in [2.45, 2.75) is 53.6 Å². The van der Waals surface area contributed by atoms with Crippen molar-refractivity contribution in [2.75, 3.05) is 4.90 Å². The van der Waals surface area contributed by atoms with Crippen LogP contribution in [0.2, 0.25) is 0 Å². The van der Waals surface area contributed by atoms with Gasteiger partial charge in [0.05, 0.1) is 0 Å². The van der Waals surface area contributed by atoms with Crippen molar-refractivity contribution in [1.82, 2.24) is 0 Å². The molecule has 5 rings (SSSR count). The molecule has 0 saturated heterocycles. The monoisotopic (exact) mass is 707 g/mol. The molecule has 0 aliphatic rings. The van der Waals surface area contributed by atoms with Crippen LogP contribution >= 0.6 is 0 Å². The van der Waals surface area contributed by atoms with E-state index in [0.717, 1.165) is 51.5 Å². The molecule has 7 heteroatoms. The maximum Gasteiger partial charge on any atom is 0.333 e. The number of ether oxygens (including phenoxy) is 4. The molecule has 2 unspecified atom stereocenters. The van der Waals surface area contributed by atoms with Crippen molar-refractivity contribution in [3.63, 3.8) is 0 Å². The zero-order valence-corrected chi connectivity index (χ0v) is 30.9. The summed E-state index contributed by atoms with van der Waals surface area (Å²) in [6.07, 6.45) is 3.48. The first kappa shape index (κ1) is 37.9. The fourth-order valence-corrected chi connectivity index (χ4v) is 5.67. The molecule has 2 atom stereocenters. The molecular weight excluding hydrogens is 663 g/mol. The molecule has 0 aliphatic carbocycles. The Kier molecular flexibility index (Phi) is 12.7. The number of aryl methyl sites for hydroxylation is 3. The first-order chi connectivity index (χ1) is 25.5. The summed E-state index contributed by atoms with van der Waals surface area (Å²) < 4.78 is 21.9. The number of rotatable bonds is 15. The van der Waals surface area contributed by atoms with Crippen LogP contribution in [-0.4, -0.2) is 24.5 Å². The van der Waals surface area contributed by atoms with Crippen LogP contribution in [0.25, 0.3) is 11.6 Å². The van der Waals surface area contributed by atoms with Crippen LogP contribution in [0.4, 0.5) is 17.1 Å². The minimum absolute atomic E-state index is 0.548. The Labute approximate surface area is 312 Å². The molecule has 0 aliphatic heterocycles. The molecule has 5 aromatic carbocycles.